The van der Waals surface area contributed by atoms with E-state index in [-0.39, 0.29) is 5.75 Å². The summed E-state index contributed by atoms with van der Waals surface area (Å²) in [6, 6.07) is 5.39. The van der Waals surface area contributed by atoms with E-state index in [4.69, 9.17) is 9.47 Å². The molecule has 96 valence electrons. The molecule has 0 spiro atoms. The molecular formula is C13H21NO3. The van der Waals surface area contributed by atoms with Crippen molar-refractivity contribution < 1.29 is 14.6 Å². The molecule has 0 aromatic heterocycles. The van der Waals surface area contributed by atoms with E-state index in [2.05, 4.69) is 5.32 Å². The van der Waals surface area contributed by atoms with Crippen LogP contribution >= 0.6 is 0 Å². The van der Waals surface area contributed by atoms with Crippen LogP contribution in [0, 0.1) is 0 Å². The first-order valence-electron chi connectivity index (χ1n) is 6.01. The second-order valence-electron chi connectivity index (χ2n) is 3.61. The summed E-state index contributed by atoms with van der Waals surface area (Å²) in [4.78, 5) is 0. The summed E-state index contributed by atoms with van der Waals surface area (Å²) in [5.74, 6) is 0.724. The molecule has 2 N–H and O–H groups in total. The predicted molar refractivity (Wildman–Crippen MR) is 67.5 cm³/mol. The van der Waals surface area contributed by atoms with Crippen molar-refractivity contribution in [2.75, 3.05) is 26.4 Å². The maximum atomic E-state index is 9.54. The standard InChI is InChI=1S/C13H21NO3/c1-3-16-8-7-14-10-11-5-6-12(15)13(9-11)17-4-2/h5-6,9,14-15H,3-4,7-8,10H2,1-2H3. The molecule has 0 aliphatic rings. The largest absolute Gasteiger partial charge is 0.504 e. The van der Waals surface area contributed by atoms with E-state index in [1.54, 1.807) is 6.07 Å². The lowest BCUT2D eigenvalue weighted by molar-refractivity contribution is 0.149. The number of hydrogen-bond acceptors (Lipinski definition) is 4. The maximum absolute atomic E-state index is 9.54. The lowest BCUT2D eigenvalue weighted by Crippen LogP contribution is -2.19. The Labute approximate surface area is 103 Å². The smallest absolute Gasteiger partial charge is 0.161 e. The Kier molecular flexibility index (Phi) is 6.43. The van der Waals surface area contributed by atoms with E-state index in [0.29, 0.717) is 19.0 Å². The number of nitrogens with one attached hydrogen (secondary N) is 1. The zero-order valence-electron chi connectivity index (χ0n) is 10.5. The SMILES string of the molecule is CCOCCNCc1ccc(O)c(OCC)c1. The van der Waals surface area contributed by atoms with E-state index in [1.807, 2.05) is 26.0 Å². The van der Waals surface area contributed by atoms with Crippen molar-refractivity contribution in [3.05, 3.63) is 23.8 Å². The summed E-state index contributed by atoms with van der Waals surface area (Å²) >= 11 is 0. The highest BCUT2D eigenvalue weighted by molar-refractivity contribution is 5.41. The Bertz CT molecular complexity index is 328. The zero-order chi connectivity index (χ0) is 12.5. The minimum Gasteiger partial charge on any atom is -0.504 e. The van der Waals surface area contributed by atoms with Gasteiger partial charge in [-0.25, -0.2) is 0 Å². The minimum absolute atomic E-state index is 0.185. The first kappa shape index (κ1) is 13.8. The van der Waals surface area contributed by atoms with E-state index < -0.39 is 0 Å². The van der Waals surface area contributed by atoms with Gasteiger partial charge in [-0.2, -0.15) is 0 Å². The van der Waals surface area contributed by atoms with Gasteiger partial charge in [0.1, 0.15) is 0 Å². The number of hydrogen-bond donors (Lipinski definition) is 2. The van der Waals surface area contributed by atoms with Gasteiger partial charge >= 0.3 is 0 Å². The molecule has 0 fully saturated rings. The Morgan fingerprint density at radius 3 is 2.76 bits per heavy atom. The van der Waals surface area contributed by atoms with Crippen molar-refractivity contribution in [2.24, 2.45) is 0 Å². The highest BCUT2D eigenvalue weighted by atomic mass is 16.5. The van der Waals surface area contributed by atoms with Crippen LogP contribution in [0.5, 0.6) is 11.5 Å². The van der Waals surface area contributed by atoms with Crippen LogP contribution in [0.15, 0.2) is 18.2 Å². The number of benzene rings is 1. The lowest BCUT2D eigenvalue weighted by Gasteiger charge is -2.09. The zero-order valence-corrected chi connectivity index (χ0v) is 10.5. The fourth-order valence-electron chi connectivity index (χ4n) is 1.46. The predicted octanol–water partition coefficient (Wildman–Crippen LogP) is 1.92. The van der Waals surface area contributed by atoms with Crippen LogP contribution in [0.3, 0.4) is 0 Å². The monoisotopic (exact) mass is 239 g/mol. The number of aromatic hydroxyl groups is 1. The Morgan fingerprint density at radius 1 is 1.24 bits per heavy atom. The van der Waals surface area contributed by atoms with Crippen molar-refractivity contribution >= 4 is 0 Å². The van der Waals surface area contributed by atoms with Crippen molar-refractivity contribution in [2.45, 2.75) is 20.4 Å². The van der Waals surface area contributed by atoms with Gasteiger partial charge in [0.25, 0.3) is 0 Å². The van der Waals surface area contributed by atoms with Crippen LogP contribution in [0.4, 0.5) is 0 Å². The van der Waals surface area contributed by atoms with Gasteiger partial charge in [0.2, 0.25) is 0 Å². The molecule has 1 aromatic rings. The van der Waals surface area contributed by atoms with Crippen molar-refractivity contribution in [1.29, 1.82) is 0 Å². The number of phenolic OH excluding ortho intramolecular Hbond substituents is 1. The van der Waals surface area contributed by atoms with Gasteiger partial charge in [0.05, 0.1) is 13.2 Å². The molecule has 1 aromatic carbocycles. The van der Waals surface area contributed by atoms with Crippen LogP contribution in [0.1, 0.15) is 19.4 Å². The third kappa shape index (κ3) is 5.06. The summed E-state index contributed by atoms with van der Waals surface area (Å²) in [7, 11) is 0. The van der Waals surface area contributed by atoms with Crippen LogP contribution < -0.4 is 10.1 Å². The molecule has 4 nitrogen and oxygen atoms in total. The summed E-state index contributed by atoms with van der Waals surface area (Å²) in [5, 5.41) is 12.8. The summed E-state index contributed by atoms with van der Waals surface area (Å²) < 4.78 is 10.5. The second kappa shape index (κ2) is 7.92. The molecule has 4 heteroatoms. The van der Waals surface area contributed by atoms with Crippen LogP contribution in [0.25, 0.3) is 0 Å². The van der Waals surface area contributed by atoms with E-state index >= 15 is 0 Å². The van der Waals surface area contributed by atoms with Gasteiger partial charge < -0.3 is 19.9 Å². The van der Waals surface area contributed by atoms with E-state index in [1.165, 1.54) is 0 Å². The van der Waals surface area contributed by atoms with Crippen molar-refractivity contribution in [3.8, 4) is 11.5 Å². The van der Waals surface area contributed by atoms with Crippen LogP contribution in [0.2, 0.25) is 0 Å². The maximum Gasteiger partial charge on any atom is 0.161 e. The molecule has 0 atom stereocenters. The molecule has 0 radical (unpaired) electrons. The first-order valence-corrected chi connectivity index (χ1v) is 6.01. The Hall–Kier alpha value is -1.26. The molecule has 0 heterocycles. The first-order chi connectivity index (χ1) is 8.27. The quantitative estimate of drug-likeness (QED) is 0.680. The number of phenols is 1. The summed E-state index contributed by atoms with van der Waals surface area (Å²) in [5.41, 5.74) is 1.09. The number of rotatable bonds is 8. The van der Waals surface area contributed by atoms with Gasteiger partial charge in [-0.15, -0.1) is 0 Å². The molecule has 1 rings (SSSR count). The van der Waals surface area contributed by atoms with E-state index in [9.17, 15) is 5.11 Å². The Morgan fingerprint density at radius 2 is 2.06 bits per heavy atom. The molecule has 0 aliphatic carbocycles. The second-order valence-corrected chi connectivity index (χ2v) is 3.61. The van der Waals surface area contributed by atoms with Gasteiger partial charge in [-0.1, -0.05) is 6.07 Å². The summed E-state index contributed by atoms with van der Waals surface area (Å²) in [6.07, 6.45) is 0. The van der Waals surface area contributed by atoms with Gasteiger partial charge in [0, 0.05) is 19.7 Å². The third-order valence-electron chi connectivity index (χ3n) is 2.28. The molecule has 17 heavy (non-hydrogen) atoms. The van der Waals surface area contributed by atoms with Crippen LogP contribution in [-0.2, 0) is 11.3 Å². The van der Waals surface area contributed by atoms with Crippen molar-refractivity contribution in [3.63, 3.8) is 0 Å². The van der Waals surface area contributed by atoms with Crippen molar-refractivity contribution in [1.82, 2.24) is 5.32 Å². The average Bonchev–Trinajstić information content (AvgIpc) is 2.33. The topological polar surface area (TPSA) is 50.7 Å². The molecular weight excluding hydrogens is 218 g/mol. The minimum atomic E-state index is 0.185. The molecule has 0 amide bonds. The molecule has 0 saturated carbocycles. The Balaban J connectivity index is 2.40. The normalized spacial score (nSPS) is 10.5. The molecule has 0 unspecified atom stereocenters. The van der Waals surface area contributed by atoms with Gasteiger partial charge in [-0.05, 0) is 31.5 Å². The summed E-state index contributed by atoms with van der Waals surface area (Å²) in [6.45, 7) is 7.45. The van der Waals surface area contributed by atoms with Crippen LogP contribution in [-0.4, -0.2) is 31.5 Å². The average molecular weight is 239 g/mol. The van der Waals surface area contributed by atoms with Gasteiger partial charge in [0.15, 0.2) is 11.5 Å². The fourth-order valence-corrected chi connectivity index (χ4v) is 1.46. The highest BCUT2D eigenvalue weighted by Gasteiger charge is 2.02. The fraction of sp³-hybridized carbons (Fsp3) is 0.538. The molecule has 0 aliphatic heterocycles. The van der Waals surface area contributed by atoms with E-state index in [0.717, 1.165) is 25.3 Å². The third-order valence-corrected chi connectivity index (χ3v) is 2.28. The highest BCUT2D eigenvalue weighted by Crippen LogP contribution is 2.26. The number of ether oxygens (including phenoxy) is 2. The van der Waals surface area contributed by atoms with Gasteiger partial charge in [-0.3, -0.25) is 0 Å². The molecule has 0 bridgehead atoms. The lowest BCUT2D eigenvalue weighted by atomic mass is 10.2. The molecule has 0 saturated heterocycles.